The fourth-order valence-electron chi connectivity index (χ4n) is 2.03. The van der Waals surface area contributed by atoms with E-state index in [1.54, 1.807) is 0 Å². The molecule has 1 rings (SSSR count). The minimum absolute atomic E-state index is 0.297. The number of hydrogen-bond donors (Lipinski definition) is 1. The van der Waals surface area contributed by atoms with Crippen molar-refractivity contribution in [2.24, 2.45) is 5.73 Å². The van der Waals surface area contributed by atoms with Gasteiger partial charge in [-0.15, -0.1) is 0 Å². The Morgan fingerprint density at radius 3 is 2.50 bits per heavy atom. The number of likely N-dealkylation sites (tertiary alicyclic amines) is 1. The molecule has 2 nitrogen and oxygen atoms in total. The summed E-state index contributed by atoms with van der Waals surface area (Å²) < 4.78 is 0. The van der Waals surface area contributed by atoms with E-state index in [4.69, 9.17) is 5.73 Å². The summed E-state index contributed by atoms with van der Waals surface area (Å²) in [6.07, 6.45) is 4.09. The molecule has 0 radical (unpaired) electrons. The lowest BCUT2D eigenvalue weighted by atomic mass is 9.99. The van der Waals surface area contributed by atoms with E-state index in [0.717, 1.165) is 6.04 Å². The van der Waals surface area contributed by atoms with Gasteiger partial charge in [-0.1, -0.05) is 6.42 Å². The molecule has 2 heteroatoms. The van der Waals surface area contributed by atoms with Crippen LogP contribution in [0, 0.1) is 0 Å². The molecule has 1 fully saturated rings. The van der Waals surface area contributed by atoms with Crippen molar-refractivity contribution in [3.63, 3.8) is 0 Å². The fraction of sp³-hybridized carbons (Fsp3) is 1.00. The second-order valence-corrected chi connectivity index (χ2v) is 4.18. The largest absolute Gasteiger partial charge is 0.327 e. The third-order valence-electron chi connectivity index (χ3n) is 3.14. The van der Waals surface area contributed by atoms with E-state index in [1.165, 1.54) is 25.8 Å². The van der Waals surface area contributed by atoms with Crippen LogP contribution in [0.15, 0.2) is 0 Å². The van der Waals surface area contributed by atoms with Gasteiger partial charge in [0.05, 0.1) is 0 Å². The lowest BCUT2D eigenvalue weighted by molar-refractivity contribution is 0.102. The molecule has 1 aliphatic rings. The Kier molecular flexibility index (Phi) is 3.53. The van der Waals surface area contributed by atoms with Crippen molar-refractivity contribution in [3.05, 3.63) is 0 Å². The van der Waals surface area contributed by atoms with Gasteiger partial charge >= 0.3 is 0 Å². The van der Waals surface area contributed by atoms with Crippen molar-refractivity contribution >= 4 is 0 Å². The highest BCUT2D eigenvalue weighted by molar-refractivity contribution is 4.81. The standard InChI is InChI=1S/C10H22N2/c1-8-6-4-5-7-12(8)10(3)9(2)11/h8-10H,4-7,11H2,1-3H3. The van der Waals surface area contributed by atoms with Crippen LogP contribution in [0.3, 0.4) is 0 Å². The Labute approximate surface area is 76.1 Å². The summed E-state index contributed by atoms with van der Waals surface area (Å²) in [5, 5.41) is 0. The van der Waals surface area contributed by atoms with Crippen molar-refractivity contribution in [2.45, 2.75) is 58.2 Å². The molecule has 72 valence electrons. The van der Waals surface area contributed by atoms with Crippen LogP contribution < -0.4 is 5.73 Å². The molecule has 0 aromatic heterocycles. The predicted octanol–water partition coefficient (Wildman–Crippen LogP) is 1.60. The van der Waals surface area contributed by atoms with E-state index >= 15 is 0 Å². The molecule has 1 saturated heterocycles. The highest BCUT2D eigenvalue weighted by Gasteiger charge is 2.24. The van der Waals surface area contributed by atoms with Crippen LogP contribution in [-0.4, -0.2) is 29.6 Å². The van der Waals surface area contributed by atoms with Gasteiger partial charge in [-0.05, 0) is 40.2 Å². The van der Waals surface area contributed by atoms with Crippen LogP contribution in [0.1, 0.15) is 40.0 Å². The average Bonchev–Trinajstić information content (AvgIpc) is 2.04. The molecule has 0 aliphatic carbocycles. The summed E-state index contributed by atoms with van der Waals surface area (Å²) in [5.74, 6) is 0. The van der Waals surface area contributed by atoms with Crippen LogP contribution in [0.5, 0.6) is 0 Å². The summed E-state index contributed by atoms with van der Waals surface area (Å²) in [5.41, 5.74) is 5.89. The maximum absolute atomic E-state index is 5.89. The lowest BCUT2D eigenvalue weighted by Gasteiger charge is -2.39. The zero-order valence-corrected chi connectivity index (χ0v) is 8.59. The Bertz CT molecular complexity index is 134. The van der Waals surface area contributed by atoms with E-state index < -0.39 is 0 Å². The normalized spacial score (nSPS) is 31.5. The van der Waals surface area contributed by atoms with Crippen molar-refractivity contribution in [1.82, 2.24) is 4.90 Å². The van der Waals surface area contributed by atoms with E-state index in [9.17, 15) is 0 Å². The number of nitrogens with zero attached hydrogens (tertiary/aromatic N) is 1. The number of hydrogen-bond acceptors (Lipinski definition) is 2. The summed E-state index contributed by atoms with van der Waals surface area (Å²) in [6.45, 7) is 7.90. The minimum Gasteiger partial charge on any atom is -0.327 e. The molecule has 0 spiro atoms. The third-order valence-corrected chi connectivity index (χ3v) is 3.14. The van der Waals surface area contributed by atoms with Crippen LogP contribution >= 0.6 is 0 Å². The molecule has 2 N–H and O–H groups in total. The Morgan fingerprint density at radius 1 is 1.33 bits per heavy atom. The van der Waals surface area contributed by atoms with Gasteiger partial charge in [0.1, 0.15) is 0 Å². The highest BCUT2D eigenvalue weighted by atomic mass is 15.2. The smallest absolute Gasteiger partial charge is 0.0219 e. The van der Waals surface area contributed by atoms with Crippen molar-refractivity contribution in [2.75, 3.05) is 6.54 Å². The molecule has 3 atom stereocenters. The molecule has 3 unspecified atom stereocenters. The van der Waals surface area contributed by atoms with Gasteiger partial charge in [0.15, 0.2) is 0 Å². The van der Waals surface area contributed by atoms with Crippen molar-refractivity contribution in [1.29, 1.82) is 0 Å². The molecule has 1 aliphatic heterocycles. The Morgan fingerprint density at radius 2 is 2.00 bits per heavy atom. The van der Waals surface area contributed by atoms with Gasteiger partial charge < -0.3 is 5.73 Å². The monoisotopic (exact) mass is 170 g/mol. The summed E-state index contributed by atoms with van der Waals surface area (Å²) in [7, 11) is 0. The number of piperidine rings is 1. The van der Waals surface area contributed by atoms with Gasteiger partial charge in [-0.2, -0.15) is 0 Å². The zero-order valence-electron chi connectivity index (χ0n) is 8.59. The van der Waals surface area contributed by atoms with Crippen LogP contribution in [0.25, 0.3) is 0 Å². The molecule has 0 amide bonds. The van der Waals surface area contributed by atoms with E-state index in [0.29, 0.717) is 12.1 Å². The Hall–Kier alpha value is -0.0800. The molecular formula is C10H22N2. The number of rotatable bonds is 2. The van der Waals surface area contributed by atoms with Crippen LogP contribution in [-0.2, 0) is 0 Å². The topological polar surface area (TPSA) is 29.3 Å². The highest BCUT2D eigenvalue weighted by Crippen LogP contribution is 2.19. The number of nitrogens with two attached hydrogens (primary N) is 1. The van der Waals surface area contributed by atoms with Crippen LogP contribution in [0.4, 0.5) is 0 Å². The maximum Gasteiger partial charge on any atom is 0.0219 e. The third kappa shape index (κ3) is 2.20. The molecule has 1 heterocycles. The first-order valence-corrected chi connectivity index (χ1v) is 5.14. The van der Waals surface area contributed by atoms with Gasteiger partial charge in [-0.3, -0.25) is 4.90 Å². The zero-order chi connectivity index (χ0) is 9.14. The minimum atomic E-state index is 0.297. The van der Waals surface area contributed by atoms with Gasteiger partial charge in [0.25, 0.3) is 0 Å². The molecule has 0 aromatic carbocycles. The molecule has 0 saturated carbocycles. The van der Waals surface area contributed by atoms with E-state index in [2.05, 4.69) is 25.7 Å². The first-order valence-electron chi connectivity index (χ1n) is 5.14. The molecule has 0 bridgehead atoms. The molecule has 0 aromatic rings. The summed E-state index contributed by atoms with van der Waals surface area (Å²) >= 11 is 0. The van der Waals surface area contributed by atoms with Crippen LogP contribution in [0.2, 0.25) is 0 Å². The SMILES string of the molecule is CC(N)C(C)N1CCCCC1C. The maximum atomic E-state index is 5.89. The predicted molar refractivity (Wildman–Crippen MR) is 53.1 cm³/mol. The van der Waals surface area contributed by atoms with Gasteiger partial charge in [0, 0.05) is 18.1 Å². The Balaban J connectivity index is 2.47. The van der Waals surface area contributed by atoms with Gasteiger partial charge in [-0.25, -0.2) is 0 Å². The summed E-state index contributed by atoms with van der Waals surface area (Å²) in [4.78, 5) is 2.55. The second kappa shape index (κ2) is 4.24. The first kappa shape index (κ1) is 10.0. The first-order chi connectivity index (χ1) is 5.63. The molecular weight excluding hydrogens is 148 g/mol. The van der Waals surface area contributed by atoms with Crippen molar-refractivity contribution in [3.8, 4) is 0 Å². The summed E-state index contributed by atoms with van der Waals surface area (Å²) in [6, 6.07) is 1.57. The lowest BCUT2D eigenvalue weighted by Crippen LogP contribution is -2.50. The fourth-order valence-corrected chi connectivity index (χ4v) is 2.03. The van der Waals surface area contributed by atoms with E-state index in [-0.39, 0.29) is 0 Å². The average molecular weight is 170 g/mol. The van der Waals surface area contributed by atoms with Gasteiger partial charge in [0.2, 0.25) is 0 Å². The van der Waals surface area contributed by atoms with Crippen molar-refractivity contribution < 1.29 is 0 Å². The second-order valence-electron chi connectivity index (χ2n) is 4.18. The van der Waals surface area contributed by atoms with E-state index in [1.807, 2.05) is 0 Å². The molecule has 12 heavy (non-hydrogen) atoms. The quantitative estimate of drug-likeness (QED) is 0.682.